The van der Waals surface area contributed by atoms with Crippen LogP contribution in [0.5, 0.6) is 11.5 Å². The highest BCUT2D eigenvalue weighted by atomic mass is 32.2. The number of carbonyl (C=O) groups is 2. The van der Waals surface area contributed by atoms with Gasteiger partial charge in [0.25, 0.3) is 11.8 Å². The number of hydrogen-bond donors (Lipinski definition) is 4. The summed E-state index contributed by atoms with van der Waals surface area (Å²) in [6, 6.07) is 23.1. The number of hydrogen-bond acceptors (Lipinski definition) is 12. The van der Waals surface area contributed by atoms with Crippen molar-refractivity contribution in [3.63, 3.8) is 0 Å². The highest BCUT2D eigenvalue weighted by molar-refractivity contribution is 7.92. The normalized spacial score (nSPS) is 16.3. The molecule has 0 aliphatic carbocycles. The van der Waals surface area contributed by atoms with E-state index in [4.69, 9.17) is 0 Å². The number of anilines is 2. The molecule has 0 bridgehead atoms. The standard InChI is InChI=1S/2C17H18N2O6S2/c2*1-26(22,23)11-14-5-3-2-4-13(14)8-12-6-7-15(16(20)9-12)19-10-17(21)18-27(19,24)25/h2*2-7,9,20H,8,10-11H2,1H3,(H,18,21). The number of nitrogens with zero attached hydrogens (tertiary/aromatic N) is 2. The summed E-state index contributed by atoms with van der Waals surface area (Å²) in [6.45, 7) is -0.793. The second-order valence-electron chi connectivity index (χ2n) is 12.8. The van der Waals surface area contributed by atoms with Gasteiger partial charge in [0.15, 0.2) is 19.7 Å². The molecule has 2 fully saturated rings. The largest absolute Gasteiger partial charge is 0.506 e. The third-order valence-electron chi connectivity index (χ3n) is 8.12. The highest BCUT2D eigenvalue weighted by Crippen LogP contribution is 2.33. The molecule has 4 aromatic rings. The fourth-order valence-corrected chi connectivity index (χ4v) is 9.87. The van der Waals surface area contributed by atoms with E-state index in [1.54, 1.807) is 60.7 Å². The van der Waals surface area contributed by atoms with Gasteiger partial charge in [0.1, 0.15) is 24.6 Å². The summed E-state index contributed by atoms with van der Waals surface area (Å²) in [7, 11) is -14.4. The van der Waals surface area contributed by atoms with E-state index < -0.39 is 65.0 Å². The third kappa shape index (κ3) is 10.1. The Morgan fingerprint density at radius 1 is 0.574 bits per heavy atom. The molecule has 2 aliphatic rings. The van der Waals surface area contributed by atoms with Crippen LogP contribution in [0.15, 0.2) is 84.9 Å². The number of carbonyl (C=O) groups excluding carboxylic acids is 2. The third-order valence-corrected chi connectivity index (χ3v) is 12.6. The van der Waals surface area contributed by atoms with E-state index in [2.05, 4.69) is 0 Å². The first kappa shape index (κ1) is 40.0. The molecule has 54 heavy (non-hydrogen) atoms. The summed E-state index contributed by atoms with van der Waals surface area (Å²) in [5.41, 5.74) is 4.27. The van der Waals surface area contributed by atoms with Crippen LogP contribution in [-0.2, 0) is 74.0 Å². The van der Waals surface area contributed by atoms with Gasteiger partial charge in [-0.2, -0.15) is 16.8 Å². The highest BCUT2D eigenvalue weighted by Gasteiger charge is 2.36. The van der Waals surface area contributed by atoms with Crippen LogP contribution in [0, 0.1) is 0 Å². The molecule has 0 saturated carbocycles. The van der Waals surface area contributed by atoms with E-state index in [1.807, 2.05) is 9.44 Å². The van der Waals surface area contributed by atoms with Crippen molar-refractivity contribution in [2.45, 2.75) is 24.3 Å². The summed E-state index contributed by atoms with van der Waals surface area (Å²) < 4.78 is 99.3. The van der Waals surface area contributed by atoms with Gasteiger partial charge in [0.2, 0.25) is 0 Å². The molecule has 288 valence electrons. The van der Waals surface area contributed by atoms with Crippen molar-refractivity contribution < 1.29 is 53.5 Å². The maximum absolute atomic E-state index is 11.9. The van der Waals surface area contributed by atoms with Crippen LogP contribution in [0.4, 0.5) is 11.4 Å². The Bertz CT molecular complexity index is 2400. The van der Waals surface area contributed by atoms with Crippen molar-refractivity contribution >= 4 is 63.3 Å². The van der Waals surface area contributed by atoms with Gasteiger partial charge in [-0.05, 0) is 70.5 Å². The molecule has 0 radical (unpaired) electrons. The predicted molar refractivity (Wildman–Crippen MR) is 201 cm³/mol. The molecule has 0 unspecified atom stereocenters. The van der Waals surface area contributed by atoms with Gasteiger partial charge in [0.05, 0.1) is 22.9 Å². The zero-order chi connectivity index (χ0) is 39.6. The molecule has 2 amide bonds. The lowest BCUT2D eigenvalue weighted by molar-refractivity contribution is -0.118. The smallest absolute Gasteiger partial charge is 0.326 e. The Kier molecular flexibility index (Phi) is 11.3. The van der Waals surface area contributed by atoms with Crippen molar-refractivity contribution in [1.29, 1.82) is 0 Å². The zero-order valence-corrected chi connectivity index (χ0v) is 32.1. The number of phenols is 2. The first-order valence-electron chi connectivity index (χ1n) is 15.9. The molecule has 0 aromatic heterocycles. The van der Waals surface area contributed by atoms with E-state index in [9.17, 15) is 53.5 Å². The summed E-state index contributed by atoms with van der Waals surface area (Å²) in [5, 5.41) is 20.5. The van der Waals surface area contributed by atoms with Crippen molar-refractivity contribution in [3.8, 4) is 11.5 Å². The van der Waals surface area contributed by atoms with Crippen LogP contribution in [0.2, 0.25) is 0 Å². The minimum Gasteiger partial charge on any atom is -0.506 e. The maximum atomic E-state index is 11.9. The number of amides is 2. The average Bonchev–Trinajstić information content (AvgIpc) is 3.48. The number of aromatic hydroxyl groups is 2. The predicted octanol–water partition coefficient (Wildman–Crippen LogP) is 1.42. The van der Waals surface area contributed by atoms with Crippen LogP contribution >= 0.6 is 0 Å². The quantitative estimate of drug-likeness (QED) is 0.178. The molecular weight excluding hydrogens is 785 g/mol. The van der Waals surface area contributed by atoms with Gasteiger partial charge in [-0.3, -0.25) is 9.59 Å². The van der Waals surface area contributed by atoms with E-state index >= 15 is 0 Å². The lowest BCUT2D eigenvalue weighted by Crippen LogP contribution is -2.29. The van der Waals surface area contributed by atoms with E-state index in [-0.39, 0.29) is 34.4 Å². The second-order valence-corrected chi connectivity index (χ2v) is 20.2. The SMILES string of the molecule is CS(=O)(=O)Cc1ccccc1Cc1ccc(N2CC(=O)NS2(=O)=O)c(O)c1.CS(=O)(=O)Cc1ccccc1Cc1ccc(N2CC(=O)NS2(=O)=O)c(O)c1. The average molecular weight is 821 g/mol. The van der Waals surface area contributed by atoms with Crippen LogP contribution in [0.25, 0.3) is 0 Å². The molecule has 0 atom stereocenters. The van der Waals surface area contributed by atoms with Crippen LogP contribution in [0.1, 0.15) is 33.4 Å². The molecule has 0 spiro atoms. The molecule has 4 N–H and O–H groups in total. The second kappa shape index (κ2) is 15.3. The Morgan fingerprint density at radius 2 is 0.907 bits per heavy atom. The van der Waals surface area contributed by atoms with Crippen LogP contribution < -0.4 is 18.1 Å². The van der Waals surface area contributed by atoms with E-state index in [0.717, 1.165) is 32.2 Å². The van der Waals surface area contributed by atoms with Crippen molar-refractivity contribution in [3.05, 3.63) is 118 Å². The summed E-state index contributed by atoms with van der Waals surface area (Å²) >= 11 is 0. The number of sulfone groups is 2. The maximum Gasteiger partial charge on any atom is 0.326 e. The van der Waals surface area contributed by atoms with Gasteiger partial charge in [-0.25, -0.2) is 34.9 Å². The minimum absolute atomic E-state index is 0.00141. The lowest BCUT2D eigenvalue weighted by Gasteiger charge is -2.17. The van der Waals surface area contributed by atoms with E-state index in [0.29, 0.717) is 35.1 Å². The number of phenolic OH excluding ortho intramolecular Hbond substituents is 2. The van der Waals surface area contributed by atoms with Crippen molar-refractivity contribution in [2.75, 3.05) is 34.2 Å². The van der Waals surface area contributed by atoms with Gasteiger partial charge < -0.3 is 10.2 Å². The van der Waals surface area contributed by atoms with Gasteiger partial charge in [-0.1, -0.05) is 60.7 Å². The fraction of sp³-hybridized carbons (Fsp3) is 0.235. The summed E-state index contributed by atoms with van der Waals surface area (Å²) in [4.78, 5) is 22.7. The topological polar surface area (TPSA) is 242 Å². The van der Waals surface area contributed by atoms with Crippen molar-refractivity contribution in [1.82, 2.24) is 9.44 Å². The molecule has 6 rings (SSSR count). The Hall–Kier alpha value is -5.18. The Balaban J connectivity index is 0.000000208. The number of nitrogens with one attached hydrogen (secondary N) is 2. The van der Waals surface area contributed by atoms with E-state index in [1.165, 1.54) is 24.3 Å². The Morgan fingerprint density at radius 3 is 1.19 bits per heavy atom. The molecule has 4 aromatic carbocycles. The first-order chi connectivity index (χ1) is 25.1. The monoisotopic (exact) mass is 820 g/mol. The fourth-order valence-electron chi connectivity index (χ4n) is 5.85. The molecule has 2 heterocycles. The van der Waals surface area contributed by atoms with Gasteiger partial charge in [-0.15, -0.1) is 0 Å². The number of rotatable bonds is 10. The van der Waals surface area contributed by atoms with Crippen LogP contribution in [0.3, 0.4) is 0 Å². The van der Waals surface area contributed by atoms with Crippen molar-refractivity contribution in [2.24, 2.45) is 0 Å². The van der Waals surface area contributed by atoms with Crippen LogP contribution in [-0.4, -0.2) is 81.3 Å². The lowest BCUT2D eigenvalue weighted by atomic mass is 10.00. The van der Waals surface area contributed by atoms with Gasteiger partial charge in [0, 0.05) is 12.5 Å². The molecule has 16 nitrogen and oxygen atoms in total. The number of benzene rings is 4. The molecule has 2 aliphatic heterocycles. The molecule has 20 heteroatoms. The minimum atomic E-state index is -4.00. The summed E-state index contributed by atoms with van der Waals surface area (Å²) in [5.74, 6) is -2.09. The Labute approximate surface area is 313 Å². The molecule has 2 saturated heterocycles. The zero-order valence-electron chi connectivity index (χ0n) is 28.8. The summed E-state index contributed by atoms with van der Waals surface area (Å²) in [6.07, 6.45) is 3.05. The molecular formula is C34H36N4O12S4. The first-order valence-corrected chi connectivity index (χ1v) is 22.9. The van der Waals surface area contributed by atoms with Gasteiger partial charge >= 0.3 is 20.4 Å².